The number of aliphatic carboxylic acids is 1. The summed E-state index contributed by atoms with van der Waals surface area (Å²) in [7, 11) is 3.02. The van der Waals surface area contributed by atoms with E-state index >= 15 is 0 Å². The van der Waals surface area contributed by atoms with Crippen LogP contribution in [-0.2, 0) is 11.2 Å². The number of carboxylic acids is 1. The molecule has 30 heavy (non-hydrogen) atoms. The van der Waals surface area contributed by atoms with Gasteiger partial charge in [-0.25, -0.2) is 4.39 Å². The Kier molecular flexibility index (Phi) is 5.07. The fourth-order valence-electron chi connectivity index (χ4n) is 3.93. The van der Waals surface area contributed by atoms with Crippen LogP contribution in [0.4, 0.5) is 4.39 Å². The van der Waals surface area contributed by atoms with Crippen LogP contribution in [0, 0.1) is 5.82 Å². The van der Waals surface area contributed by atoms with Crippen molar-refractivity contribution < 1.29 is 33.0 Å². The van der Waals surface area contributed by atoms with Crippen molar-refractivity contribution in [2.24, 2.45) is 0 Å². The average molecular weight is 413 g/mol. The van der Waals surface area contributed by atoms with Gasteiger partial charge in [0.15, 0.2) is 28.7 Å². The van der Waals surface area contributed by atoms with Gasteiger partial charge in [0.05, 0.1) is 26.7 Å². The predicted molar refractivity (Wildman–Crippen MR) is 105 cm³/mol. The summed E-state index contributed by atoms with van der Waals surface area (Å²) in [6.07, 6.45) is 0.217. The first-order chi connectivity index (χ1) is 14.4. The van der Waals surface area contributed by atoms with E-state index in [4.69, 9.17) is 13.9 Å². The Morgan fingerprint density at radius 1 is 1.20 bits per heavy atom. The van der Waals surface area contributed by atoms with E-state index in [1.165, 1.54) is 37.3 Å². The highest BCUT2D eigenvalue weighted by Crippen LogP contribution is 2.40. The number of fused-ring (bicyclic) bond motifs is 2. The summed E-state index contributed by atoms with van der Waals surface area (Å²) >= 11 is 0. The van der Waals surface area contributed by atoms with Crippen molar-refractivity contribution in [2.45, 2.75) is 18.9 Å². The van der Waals surface area contributed by atoms with E-state index in [-0.39, 0.29) is 17.8 Å². The molecule has 1 amide bonds. The number of carbonyl (C=O) groups is 2. The zero-order chi connectivity index (χ0) is 21.4. The normalized spacial score (nSPS) is 15.7. The molecule has 3 aromatic rings. The third-order valence-electron chi connectivity index (χ3n) is 5.34. The Hall–Kier alpha value is -3.55. The number of benzene rings is 2. The molecule has 1 N–H and O–H groups in total. The van der Waals surface area contributed by atoms with E-state index < -0.39 is 23.7 Å². The molecule has 4 rings (SSSR count). The first-order valence-electron chi connectivity index (χ1n) is 9.38. The number of hydrogen-bond acceptors (Lipinski definition) is 5. The lowest BCUT2D eigenvalue weighted by molar-refractivity contribution is -0.138. The van der Waals surface area contributed by atoms with Crippen LogP contribution >= 0.6 is 0 Å². The second-order valence-corrected chi connectivity index (χ2v) is 7.04. The molecule has 7 nitrogen and oxygen atoms in total. The highest BCUT2D eigenvalue weighted by atomic mass is 19.1. The Balaban J connectivity index is 1.76. The molecule has 0 saturated heterocycles. The first kappa shape index (κ1) is 19.8. The van der Waals surface area contributed by atoms with E-state index in [2.05, 4.69) is 0 Å². The first-order valence-corrected chi connectivity index (χ1v) is 9.38. The van der Waals surface area contributed by atoms with Gasteiger partial charge in [-0.15, -0.1) is 0 Å². The standard InChI is InChI=1S/C22H20FNO6/c1-28-17-8-12-6-7-24(16(11-20(25)26)14(12)10-18(17)29-2)22(27)19-9-13-4-3-5-15(23)21(13)30-19/h3-5,8-10,16H,6-7,11H2,1-2H3,(H,25,26). The zero-order valence-corrected chi connectivity index (χ0v) is 16.5. The van der Waals surface area contributed by atoms with Gasteiger partial charge in [0, 0.05) is 11.9 Å². The fourth-order valence-corrected chi connectivity index (χ4v) is 3.93. The van der Waals surface area contributed by atoms with Gasteiger partial charge in [-0.2, -0.15) is 0 Å². The highest BCUT2D eigenvalue weighted by molar-refractivity contribution is 5.96. The summed E-state index contributed by atoms with van der Waals surface area (Å²) in [5.74, 6) is -1.14. The van der Waals surface area contributed by atoms with Crippen LogP contribution in [0.3, 0.4) is 0 Å². The number of nitrogens with zero attached hydrogens (tertiary/aromatic N) is 1. The van der Waals surface area contributed by atoms with E-state index in [9.17, 15) is 19.1 Å². The third kappa shape index (κ3) is 3.34. The smallest absolute Gasteiger partial charge is 0.305 e. The van der Waals surface area contributed by atoms with E-state index in [1.807, 2.05) is 0 Å². The van der Waals surface area contributed by atoms with Gasteiger partial charge < -0.3 is 23.9 Å². The molecule has 0 bridgehead atoms. The number of amides is 1. The second-order valence-electron chi connectivity index (χ2n) is 7.04. The lowest BCUT2D eigenvalue weighted by atomic mass is 9.89. The monoisotopic (exact) mass is 413 g/mol. The molecule has 0 fully saturated rings. The number of rotatable bonds is 5. The van der Waals surface area contributed by atoms with E-state index in [0.717, 1.165) is 5.56 Å². The summed E-state index contributed by atoms with van der Waals surface area (Å²) in [4.78, 5) is 26.3. The number of ether oxygens (including phenoxy) is 2. The Labute approximate surface area is 171 Å². The van der Waals surface area contributed by atoms with Gasteiger partial charge in [-0.05, 0) is 41.8 Å². The minimum Gasteiger partial charge on any atom is -0.493 e. The maximum Gasteiger partial charge on any atom is 0.305 e. The molecule has 1 aliphatic heterocycles. The fraction of sp³-hybridized carbons (Fsp3) is 0.273. The second kappa shape index (κ2) is 7.70. The van der Waals surface area contributed by atoms with Crippen LogP contribution in [0.1, 0.15) is 34.1 Å². The molecule has 0 saturated carbocycles. The minimum atomic E-state index is -1.05. The van der Waals surface area contributed by atoms with Crippen molar-refractivity contribution in [1.29, 1.82) is 0 Å². The number of para-hydroxylation sites is 1. The van der Waals surface area contributed by atoms with Gasteiger partial charge in [0.2, 0.25) is 0 Å². The lowest BCUT2D eigenvalue weighted by Gasteiger charge is -2.36. The molecule has 156 valence electrons. The SMILES string of the molecule is COc1cc2c(cc1OC)C(CC(=O)O)N(C(=O)c1cc3cccc(F)c3o1)CC2. The van der Waals surface area contributed by atoms with Gasteiger partial charge in [0.1, 0.15) is 0 Å². The highest BCUT2D eigenvalue weighted by Gasteiger charge is 2.35. The van der Waals surface area contributed by atoms with Crippen LogP contribution in [0.15, 0.2) is 40.8 Å². The number of methoxy groups -OCH3 is 2. The summed E-state index contributed by atoms with van der Waals surface area (Å²) in [5, 5.41) is 9.94. The van der Waals surface area contributed by atoms with Crippen LogP contribution < -0.4 is 9.47 Å². The topological polar surface area (TPSA) is 89.2 Å². The Bertz CT molecular complexity index is 1140. The Morgan fingerprint density at radius 2 is 1.93 bits per heavy atom. The summed E-state index contributed by atoms with van der Waals surface area (Å²) in [6.45, 7) is 0.290. The van der Waals surface area contributed by atoms with Crippen LogP contribution in [0.5, 0.6) is 11.5 Å². The summed E-state index contributed by atoms with van der Waals surface area (Å²) in [6, 6.07) is 8.70. The zero-order valence-electron chi connectivity index (χ0n) is 16.5. The Morgan fingerprint density at radius 3 is 2.60 bits per heavy atom. The van der Waals surface area contributed by atoms with E-state index in [1.54, 1.807) is 18.2 Å². The maximum absolute atomic E-state index is 14.0. The molecule has 1 aliphatic rings. The molecule has 2 heterocycles. The number of carboxylic acid groups (broad SMARTS) is 1. The van der Waals surface area contributed by atoms with Crippen LogP contribution in [0.25, 0.3) is 11.0 Å². The van der Waals surface area contributed by atoms with Gasteiger partial charge in [-0.1, -0.05) is 12.1 Å². The summed E-state index contributed by atoms with van der Waals surface area (Å²) in [5.41, 5.74) is 1.56. The molecular formula is C22H20FNO6. The largest absolute Gasteiger partial charge is 0.493 e. The number of carbonyl (C=O) groups excluding carboxylic acids is 1. The number of hydrogen-bond donors (Lipinski definition) is 1. The third-order valence-corrected chi connectivity index (χ3v) is 5.34. The van der Waals surface area contributed by atoms with Crippen LogP contribution in [0.2, 0.25) is 0 Å². The quantitative estimate of drug-likeness (QED) is 0.684. The molecule has 0 spiro atoms. The molecule has 8 heteroatoms. The molecule has 0 radical (unpaired) electrons. The molecule has 1 atom stereocenters. The van der Waals surface area contributed by atoms with Crippen molar-refractivity contribution in [1.82, 2.24) is 4.90 Å². The maximum atomic E-state index is 14.0. The predicted octanol–water partition coefficient (Wildman–Crippen LogP) is 3.80. The average Bonchev–Trinajstić information content (AvgIpc) is 3.18. The van der Waals surface area contributed by atoms with Crippen molar-refractivity contribution in [3.63, 3.8) is 0 Å². The minimum absolute atomic E-state index is 0.000509. The van der Waals surface area contributed by atoms with Crippen molar-refractivity contribution in [3.8, 4) is 11.5 Å². The molecular weight excluding hydrogens is 393 g/mol. The van der Waals surface area contributed by atoms with Crippen molar-refractivity contribution in [3.05, 3.63) is 59.1 Å². The van der Waals surface area contributed by atoms with Crippen molar-refractivity contribution in [2.75, 3.05) is 20.8 Å². The molecule has 2 aromatic carbocycles. The van der Waals surface area contributed by atoms with Crippen molar-refractivity contribution >= 4 is 22.8 Å². The van der Waals surface area contributed by atoms with Gasteiger partial charge in [-0.3, -0.25) is 9.59 Å². The molecule has 0 aliphatic carbocycles. The lowest BCUT2D eigenvalue weighted by Crippen LogP contribution is -2.41. The van der Waals surface area contributed by atoms with Gasteiger partial charge >= 0.3 is 5.97 Å². The van der Waals surface area contributed by atoms with Gasteiger partial charge in [0.25, 0.3) is 5.91 Å². The molecule has 1 aromatic heterocycles. The molecule has 1 unspecified atom stereocenters. The van der Waals surface area contributed by atoms with E-state index in [0.29, 0.717) is 35.4 Å². The summed E-state index contributed by atoms with van der Waals surface area (Å²) < 4.78 is 30.1. The van der Waals surface area contributed by atoms with Crippen LogP contribution in [-0.4, -0.2) is 42.6 Å². The number of halogens is 1. The number of furan rings is 1.